The fraction of sp³-hybridized carbons (Fsp3) is 0.200. The molecule has 1 aromatic heterocycles. The number of likely N-dealkylation sites (tertiary alicyclic amines) is 1. The molecule has 39 heavy (non-hydrogen) atoms. The van der Waals surface area contributed by atoms with Crippen molar-refractivity contribution in [3.05, 3.63) is 108 Å². The van der Waals surface area contributed by atoms with Crippen LogP contribution in [0.5, 0.6) is 11.5 Å². The molecule has 1 N–H and O–H groups in total. The number of hydrogen-bond donors (Lipinski definition) is 1. The molecule has 198 valence electrons. The SMILES string of the molecule is Cc1ccc(C=CC2CC(C(=O)Nc3ccc(Oc4ccc(F)cc4)cc3)N(C(=O)Cn3cncn3)C2)cc1. The Morgan fingerprint density at radius 2 is 1.72 bits per heavy atom. The maximum atomic E-state index is 13.4. The molecule has 0 spiro atoms. The summed E-state index contributed by atoms with van der Waals surface area (Å²) in [6.45, 7) is 2.48. The van der Waals surface area contributed by atoms with Crippen LogP contribution in [0.1, 0.15) is 17.5 Å². The summed E-state index contributed by atoms with van der Waals surface area (Å²) in [5, 5.41) is 6.95. The summed E-state index contributed by atoms with van der Waals surface area (Å²) < 4.78 is 20.3. The summed E-state index contributed by atoms with van der Waals surface area (Å²) in [5.74, 6) is 0.273. The number of rotatable bonds is 8. The average molecular weight is 526 g/mol. The van der Waals surface area contributed by atoms with E-state index in [1.54, 1.807) is 41.3 Å². The second-order valence-corrected chi connectivity index (χ2v) is 9.49. The topological polar surface area (TPSA) is 89.4 Å². The van der Waals surface area contributed by atoms with Crippen LogP contribution in [-0.2, 0) is 16.1 Å². The molecule has 9 heteroatoms. The van der Waals surface area contributed by atoms with E-state index < -0.39 is 6.04 Å². The summed E-state index contributed by atoms with van der Waals surface area (Å²) in [4.78, 5) is 32.1. The number of carbonyl (C=O) groups excluding carboxylic acids is 2. The Morgan fingerprint density at radius 1 is 1.03 bits per heavy atom. The van der Waals surface area contributed by atoms with Crippen molar-refractivity contribution in [3.63, 3.8) is 0 Å². The average Bonchev–Trinajstić information content (AvgIpc) is 3.61. The van der Waals surface area contributed by atoms with E-state index in [0.717, 1.165) is 5.56 Å². The van der Waals surface area contributed by atoms with Gasteiger partial charge in [-0.3, -0.25) is 9.59 Å². The third kappa shape index (κ3) is 6.75. The normalized spacial score (nSPS) is 16.9. The van der Waals surface area contributed by atoms with Crippen LogP contribution in [0.2, 0.25) is 0 Å². The number of nitrogens with one attached hydrogen (secondary N) is 1. The molecule has 2 amide bonds. The number of aromatic nitrogens is 3. The first-order valence-corrected chi connectivity index (χ1v) is 12.6. The summed E-state index contributed by atoms with van der Waals surface area (Å²) in [7, 11) is 0. The Labute approximate surface area is 225 Å². The van der Waals surface area contributed by atoms with Crippen LogP contribution in [-0.4, -0.2) is 44.1 Å². The zero-order chi connectivity index (χ0) is 27.2. The zero-order valence-corrected chi connectivity index (χ0v) is 21.4. The van der Waals surface area contributed by atoms with Crippen molar-refractivity contribution in [2.24, 2.45) is 5.92 Å². The standard InChI is InChI=1S/C30H28FN5O3/c1-21-2-4-22(5-3-21)6-7-23-16-28(36(17-23)29(37)18-35-20-32-19-33-35)30(38)34-25-10-14-27(15-11-25)39-26-12-8-24(31)9-13-26/h2-15,19-20,23,28H,16-18H2,1H3,(H,34,38). The van der Waals surface area contributed by atoms with E-state index >= 15 is 0 Å². The molecule has 0 aliphatic carbocycles. The minimum Gasteiger partial charge on any atom is -0.457 e. The molecule has 1 saturated heterocycles. The lowest BCUT2D eigenvalue weighted by Crippen LogP contribution is -2.44. The molecule has 5 rings (SSSR count). The van der Waals surface area contributed by atoms with E-state index in [1.807, 2.05) is 25.1 Å². The highest BCUT2D eigenvalue weighted by Crippen LogP contribution is 2.28. The predicted octanol–water partition coefficient (Wildman–Crippen LogP) is 5.09. The van der Waals surface area contributed by atoms with Gasteiger partial charge in [0.25, 0.3) is 0 Å². The second kappa shape index (κ2) is 11.7. The van der Waals surface area contributed by atoms with Crippen LogP contribution in [0.3, 0.4) is 0 Å². The number of anilines is 1. The number of benzene rings is 3. The Morgan fingerprint density at radius 3 is 2.38 bits per heavy atom. The van der Waals surface area contributed by atoms with Crippen molar-refractivity contribution < 1.29 is 18.7 Å². The molecule has 1 aliphatic heterocycles. The first-order valence-electron chi connectivity index (χ1n) is 12.6. The van der Waals surface area contributed by atoms with Gasteiger partial charge in [-0.05, 0) is 73.4 Å². The van der Waals surface area contributed by atoms with E-state index in [2.05, 4.69) is 33.6 Å². The molecular weight excluding hydrogens is 497 g/mol. The second-order valence-electron chi connectivity index (χ2n) is 9.49. The van der Waals surface area contributed by atoms with Crippen LogP contribution >= 0.6 is 0 Å². The van der Waals surface area contributed by atoms with Gasteiger partial charge in [-0.2, -0.15) is 5.10 Å². The Kier molecular flexibility index (Phi) is 7.77. The van der Waals surface area contributed by atoms with Crippen molar-refractivity contribution >= 4 is 23.6 Å². The van der Waals surface area contributed by atoms with Gasteiger partial charge < -0.3 is 15.0 Å². The summed E-state index contributed by atoms with van der Waals surface area (Å²) in [6.07, 6.45) is 7.45. The fourth-order valence-electron chi connectivity index (χ4n) is 4.47. The van der Waals surface area contributed by atoms with Crippen LogP contribution in [0, 0.1) is 18.7 Å². The smallest absolute Gasteiger partial charge is 0.247 e. The van der Waals surface area contributed by atoms with Crippen LogP contribution < -0.4 is 10.1 Å². The van der Waals surface area contributed by atoms with Gasteiger partial charge in [0.1, 0.15) is 42.6 Å². The van der Waals surface area contributed by atoms with E-state index in [0.29, 0.717) is 30.2 Å². The van der Waals surface area contributed by atoms with Gasteiger partial charge in [0, 0.05) is 12.2 Å². The van der Waals surface area contributed by atoms with E-state index in [9.17, 15) is 14.0 Å². The number of amides is 2. The first-order chi connectivity index (χ1) is 18.9. The van der Waals surface area contributed by atoms with Crippen LogP contribution in [0.4, 0.5) is 10.1 Å². The lowest BCUT2D eigenvalue weighted by Gasteiger charge is -2.24. The predicted molar refractivity (Wildman–Crippen MR) is 145 cm³/mol. The van der Waals surface area contributed by atoms with Crippen LogP contribution in [0.25, 0.3) is 6.08 Å². The zero-order valence-electron chi connectivity index (χ0n) is 21.4. The molecule has 0 saturated carbocycles. The largest absolute Gasteiger partial charge is 0.457 e. The lowest BCUT2D eigenvalue weighted by molar-refractivity contribution is -0.137. The Balaban J connectivity index is 1.27. The summed E-state index contributed by atoms with van der Waals surface area (Å²) in [6, 6.07) is 20.2. The molecule has 2 atom stereocenters. The maximum Gasteiger partial charge on any atom is 0.247 e. The van der Waals surface area contributed by atoms with Crippen molar-refractivity contribution in [2.45, 2.75) is 25.9 Å². The summed E-state index contributed by atoms with van der Waals surface area (Å²) >= 11 is 0. The minimum atomic E-state index is -0.635. The molecule has 0 radical (unpaired) electrons. The van der Waals surface area contributed by atoms with E-state index in [4.69, 9.17) is 4.74 Å². The number of nitrogens with zero attached hydrogens (tertiary/aromatic N) is 4. The number of aryl methyl sites for hydroxylation is 1. The number of carbonyl (C=O) groups is 2. The van der Waals surface area contributed by atoms with Gasteiger partial charge in [-0.25, -0.2) is 14.1 Å². The number of ether oxygens (including phenoxy) is 1. The highest BCUT2D eigenvalue weighted by molar-refractivity contribution is 5.97. The molecular formula is C30H28FN5O3. The quantitative estimate of drug-likeness (QED) is 0.346. The van der Waals surface area contributed by atoms with E-state index in [1.165, 1.54) is 35.0 Å². The Bertz CT molecular complexity index is 1440. The van der Waals surface area contributed by atoms with Gasteiger partial charge in [-0.15, -0.1) is 0 Å². The molecule has 2 heterocycles. The Hall–Kier alpha value is -4.79. The van der Waals surface area contributed by atoms with Gasteiger partial charge in [0.15, 0.2) is 0 Å². The molecule has 0 bridgehead atoms. The minimum absolute atomic E-state index is 0.00754. The number of halogens is 1. The fourth-order valence-corrected chi connectivity index (χ4v) is 4.47. The van der Waals surface area contributed by atoms with Crippen LogP contribution in [0.15, 0.2) is 91.5 Å². The van der Waals surface area contributed by atoms with Crippen molar-refractivity contribution in [1.82, 2.24) is 19.7 Å². The van der Waals surface area contributed by atoms with Crippen molar-refractivity contribution in [2.75, 3.05) is 11.9 Å². The summed E-state index contributed by atoms with van der Waals surface area (Å²) in [5.41, 5.74) is 2.83. The molecule has 1 fully saturated rings. The monoisotopic (exact) mass is 525 g/mol. The van der Waals surface area contributed by atoms with Gasteiger partial charge in [-0.1, -0.05) is 42.0 Å². The van der Waals surface area contributed by atoms with Crippen molar-refractivity contribution in [3.8, 4) is 11.5 Å². The third-order valence-electron chi connectivity index (χ3n) is 6.53. The van der Waals surface area contributed by atoms with Crippen molar-refractivity contribution in [1.29, 1.82) is 0 Å². The molecule has 3 aromatic carbocycles. The molecule has 2 unspecified atom stereocenters. The van der Waals surface area contributed by atoms with E-state index in [-0.39, 0.29) is 30.1 Å². The highest BCUT2D eigenvalue weighted by atomic mass is 19.1. The first kappa shape index (κ1) is 25.8. The maximum absolute atomic E-state index is 13.4. The molecule has 8 nitrogen and oxygen atoms in total. The van der Waals surface area contributed by atoms with Gasteiger partial charge in [0.05, 0.1) is 0 Å². The van der Waals surface area contributed by atoms with Gasteiger partial charge >= 0.3 is 0 Å². The van der Waals surface area contributed by atoms with Gasteiger partial charge in [0.2, 0.25) is 11.8 Å². The highest BCUT2D eigenvalue weighted by Gasteiger charge is 2.38. The third-order valence-corrected chi connectivity index (χ3v) is 6.53. The lowest BCUT2D eigenvalue weighted by atomic mass is 10.0. The molecule has 1 aliphatic rings. The molecule has 4 aromatic rings. The number of hydrogen-bond acceptors (Lipinski definition) is 5.